The smallest absolute Gasteiger partial charge is 0.141 e. The third-order valence-corrected chi connectivity index (χ3v) is 7.51. The monoisotopic (exact) mass is 454 g/mol. The van der Waals surface area contributed by atoms with E-state index in [1.54, 1.807) is 23.6 Å². The standard InChI is InChI=1S/C30H18N2OS/c33-26-14-13-22(23-8-5-15-31-29(23)26)28-21-7-2-1-6-18(21)16-19-11-12-20(17-24(19)28)30-32-25-9-3-4-10-27(25)34-30/h1-17,33H. The molecule has 5 aromatic carbocycles. The first-order valence-electron chi connectivity index (χ1n) is 11.1. The van der Waals surface area contributed by atoms with Crippen molar-refractivity contribution in [1.82, 2.24) is 9.97 Å². The summed E-state index contributed by atoms with van der Waals surface area (Å²) in [6.07, 6.45) is 1.72. The second-order valence-electron chi connectivity index (χ2n) is 8.43. The summed E-state index contributed by atoms with van der Waals surface area (Å²) < 4.78 is 1.19. The van der Waals surface area contributed by atoms with Gasteiger partial charge in [0.2, 0.25) is 0 Å². The van der Waals surface area contributed by atoms with Crippen molar-refractivity contribution in [2.24, 2.45) is 0 Å². The molecule has 0 aliphatic carbocycles. The molecule has 0 radical (unpaired) electrons. The van der Waals surface area contributed by atoms with Crippen molar-refractivity contribution >= 4 is 54.0 Å². The zero-order valence-corrected chi connectivity index (χ0v) is 18.9. The number of phenols is 1. The molecule has 4 heteroatoms. The van der Waals surface area contributed by atoms with E-state index >= 15 is 0 Å². The maximum atomic E-state index is 10.5. The highest BCUT2D eigenvalue weighted by molar-refractivity contribution is 7.21. The van der Waals surface area contributed by atoms with Crippen LogP contribution in [-0.2, 0) is 0 Å². The molecule has 2 aromatic heterocycles. The average molecular weight is 455 g/mol. The molecule has 34 heavy (non-hydrogen) atoms. The Labute approximate surface area is 199 Å². The number of hydrogen-bond acceptors (Lipinski definition) is 4. The Bertz CT molecular complexity index is 1850. The quantitative estimate of drug-likeness (QED) is 0.268. The van der Waals surface area contributed by atoms with Crippen LogP contribution in [0.1, 0.15) is 0 Å². The number of thiazole rings is 1. The second kappa shape index (κ2) is 7.37. The zero-order valence-electron chi connectivity index (χ0n) is 18.1. The van der Waals surface area contributed by atoms with E-state index in [4.69, 9.17) is 4.98 Å². The van der Waals surface area contributed by atoms with Gasteiger partial charge in [-0.2, -0.15) is 0 Å². The van der Waals surface area contributed by atoms with Crippen molar-refractivity contribution in [1.29, 1.82) is 0 Å². The predicted octanol–water partition coefficient (Wildman–Crippen LogP) is 8.19. The van der Waals surface area contributed by atoms with E-state index in [1.807, 2.05) is 24.3 Å². The van der Waals surface area contributed by atoms with Gasteiger partial charge in [0.05, 0.1) is 10.2 Å². The van der Waals surface area contributed by atoms with Gasteiger partial charge in [-0.05, 0) is 75.1 Å². The topological polar surface area (TPSA) is 46.0 Å². The summed E-state index contributed by atoms with van der Waals surface area (Å²) in [5.74, 6) is 0.194. The maximum Gasteiger partial charge on any atom is 0.141 e. The number of aromatic nitrogens is 2. The van der Waals surface area contributed by atoms with Crippen molar-refractivity contribution in [2.75, 3.05) is 0 Å². The Kier molecular flexibility index (Phi) is 4.16. The number of hydrogen-bond donors (Lipinski definition) is 1. The van der Waals surface area contributed by atoms with E-state index < -0.39 is 0 Å². The average Bonchev–Trinajstić information content (AvgIpc) is 3.32. The number of pyridine rings is 1. The van der Waals surface area contributed by atoms with Gasteiger partial charge in [0.15, 0.2) is 0 Å². The van der Waals surface area contributed by atoms with E-state index in [0.29, 0.717) is 5.52 Å². The van der Waals surface area contributed by atoms with Crippen LogP contribution in [0.2, 0.25) is 0 Å². The molecule has 1 N–H and O–H groups in total. The lowest BCUT2D eigenvalue weighted by Crippen LogP contribution is -1.89. The second-order valence-corrected chi connectivity index (χ2v) is 9.46. The molecule has 7 aromatic rings. The minimum absolute atomic E-state index is 0.194. The van der Waals surface area contributed by atoms with Gasteiger partial charge in [-0.15, -0.1) is 11.3 Å². The summed E-state index contributed by atoms with van der Waals surface area (Å²) in [6.45, 7) is 0. The van der Waals surface area contributed by atoms with Crippen LogP contribution < -0.4 is 0 Å². The highest BCUT2D eigenvalue weighted by Gasteiger charge is 2.16. The van der Waals surface area contributed by atoms with Crippen molar-refractivity contribution in [3.8, 4) is 27.4 Å². The SMILES string of the molecule is Oc1ccc(-c2c3ccccc3cc3ccc(-c4nc5ccccc5s4)cc23)c2cccnc12. The van der Waals surface area contributed by atoms with Gasteiger partial charge >= 0.3 is 0 Å². The zero-order chi connectivity index (χ0) is 22.6. The molecule has 0 fully saturated rings. The summed E-state index contributed by atoms with van der Waals surface area (Å²) in [4.78, 5) is 9.35. The van der Waals surface area contributed by atoms with E-state index in [1.165, 1.54) is 20.9 Å². The molecule has 0 saturated carbocycles. The Morgan fingerprint density at radius 3 is 2.44 bits per heavy atom. The minimum Gasteiger partial charge on any atom is -0.506 e. The molecule has 0 amide bonds. The first kappa shape index (κ1) is 19.2. The van der Waals surface area contributed by atoms with Gasteiger partial charge in [-0.3, -0.25) is 4.98 Å². The molecular weight excluding hydrogens is 436 g/mol. The lowest BCUT2D eigenvalue weighted by Gasteiger charge is -2.15. The summed E-state index contributed by atoms with van der Waals surface area (Å²) >= 11 is 1.71. The van der Waals surface area contributed by atoms with Crippen LogP contribution >= 0.6 is 11.3 Å². The Balaban J connectivity index is 1.59. The summed E-state index contributed by atoms with van der Waals surface area (Å²) in [5.41, 5.74) is 4.95. The molecule has 7 rings (SSSR count). The number of nitrogens with zero attached hydrogens (tertiary/aromatic N) is 2. The van der Waals surface area contributed by atoms with Gasteiger partial charge in [-0.25, -0.2) is 4.98 Å². The lowest BCUT2D eigenvalue weighted by molar-refractivity contribution is 0.480. The minimum atomic E-state index is 0.194. The molecule has 0 bridgehead atoms. The highest BCUT2D eigenvalue weighted by atomic mass is 32.1. The first-order valence-corrected chi connectivity index (χ1v) is 12.0. The maximum absolute atomic E-state index is 10.5. The molecule has 160 valence electrons. The normalized spacial score (nSPS) is 11.6. The highest BCUT2D eigenvalue weighted by Crippen LogP contribution is 2.42. The van der Waals surface area contributed by atoms with Crippen LogP contribution in [0.3, 0.4) is 0 Å². The van der Waals surface area contributed by atoms with E-state index in [2.05, 4.69) is 71.7 Å². The Hall–Kier alpha value is -4.28. The molecule has 3 nitrogen and oxygen atoms in total. The molecule has 0 unspecified atom stereocenters. The molecular formula is C30H18N2OS. The van der Waals surface area contributed by atoms with Crippen molar-refractivity contribution in [2.45, 2.75) is 0 Å². The third kappa shape index (κ3) is 2.89. The molecule has 0 spiro atoms. The lowest BCUT2D eigenvalue weighted by atomic mass is 9.89. The van der Waals surface area contributed by atoms with Crippen LogP contribution in [0.5, 0.6) is 5.75 Å². The van der Waals surface area contributed by atoms with Crippen LogP contribution in [0.15, 0.2) is 103 Å². The van der Waals surface area contributed by atoms with E-state index in [0.717, 1.165) is 38.0 Å². The fourth-order valence-corrected chi connectivity index (χ4v) is 5.82. The van der Waals surface area contributed by atoms with Crippen LogP contribution in [0.25, 0.3) is 64.4 Å². The number of para-hydroxylation sites is 1. The van der Waals surface area contributed by atoms with Crippen molar-refractivity contribution in [3.63, 3.8) is 0 Å². The van der Waals surface area contributed by atoms with Gasteiger partial charge < -0.3 is 5.11 Å². The first-order chi connectivity index (χ1) is 16.8. The largest absolute Gasteiger partial charge is 0.506 e. The van der Waals surface area contributed by atoms with E-state index in [-0.39, 0.29) is 5.75 Å². The molecule has 0 aliphatic rings. The van der Waals surface area contributed by atoms with Gasteiger partial charge in [0, 0.05) is 17.1 Å². The van der Waals surface area contributed by atoms with Crippen LogP contribution in [-0.4, -0.2) is 15.1 Å². The van der Waals surface area contributed by atoms with Gasteiger partial charge in [0.1, 0.15) is 16.3 Å². The number of phenolic OH excluding ortho intramolecular Hbond substituents is 1. The fourth-order valence-electron chi connectivity index (χ4n) is 4.86. The summed E-state index contributed by atoms with van der Waals surface area (Å²) in [5, 5.41) is 17.1. The fraction of sp³-hybridized carbons (Fsp3) is 0. The number of aromatic hydroxyl groups is 1. The Morgan fingerprint density at radius 2 is 1.50 bits per heavy atom. The van der Waals surface area contributed by atoms with Crippen molar-refractivity contribution < 1.29 is 5.11 Å². The number of fused-ring (bicyclic) bond motifs is 4. The number of rotatable bonds is 2. The van der Waals surface area contributed by atoms with E-state index in [9.17, 15) is 5.11 Å². The predicted molar refractivity (Wildman–Crippen MR) is 142 cm³/mol. The molecule has 0 saturated heterocycles. The van der Waals surface area contributed by atoms with Crippen LogP contribution in [0, 0.1) is 0 Å². The van der Waals surface area contributed by atoms with Crippen molar-refractivity contribution in [3.05, 3.63) is 103 Å². The van der Waals surface area contributed by atoms with Crippen LogP contribution in [0.4, 0.5) is 0 Å². The summed E-state index contributed by atoms with van der Waals surface area (Å²) in [6, 6.07) is 33.3. The van der Waals surface area contributed by atoms with Gasteiger partial charge in [-0.1, -0.05) is 54.6 Å². The van der Waals surface area contributed by atoms with Gasteiger partial charge in [0.25, 0.3) is 0 Å². The summed E-state index contributed by atoms with van der Waals surface area (Å²) in [7, 11) is 0. The molecule has 0 atom stereocenters. The molecule has 2 heterocycles. The number of benzene rings is 5. The third-order valence-electron chi connectivity index (χ3n) is 6.42. The Morgan fingerprint density at radius 1 is 0.676 bits per heavy atom. The molecule has 0 aliphatic heterocycles.